The number of phenolic OH excluding ortho intramolecular Hbond substituents is 1. The van der Waals surface area contributed by atoms with E-state index in [9.17, 15) is 19.1 Å². The summed E-state index contributed by atoms with van der Waals surface area (Å²) in [6, 6.07) is 10.8. The van der Waals surface area contributed by atoms with E-state index in [1.165, 1.54) is 37.4 Å². The predicted octanol–water partition coefficient (Wildman–Crippen LogP) is 6.66. The Labute approximate surface area is 234 Å². The molecule has 3 aromatic rings. The molecule has 35 heavy (non-hydrogen) atoms. The predicted molar refractivity (Wildman–Crippen MR) is 146 cm³/mol. The Morgan fingerprint density at radius 1 is 1.03 bits per heavy atom. The molecule has 1 amide bonds. The van der Waals surface area contributed by atoms with Crippen LogP contribution in [-0.2, 0) is 16.0 Å². The number of halogens is 5. The number of ether oxygens (including phenoxy) is 1. The average molecular weight is 738 g/mol. The lowest BCUT2D eigenvalue weighted by Gasteiger charge is -2.21. The first-order valence-corrected chi connectivity index (χ1v) is 13.2. The molecule has 0 aliphatic rings. The number of aromatic hydroxyl groups is 1. The van der Waals surface area contributed by atoms with E-state index < -0.39 is 29.5 Å². The lowest BCUT2D eigenvalue weighted by Crippen LogP contribution is -2.37. The number of rotatable bonds is 8. The minimum atomic E-state index is -1.35. The van der Waals surface area contributed by atoms with Crippen molar-refractivity contribution in [1.82, 2.24) is 0 Å². The largest absolute Gasteiger partial charge is 0.506 e. The summed E-state index contributed by atoms with van der Waals surface area (Å²) in [5, 5.41) is 12.6. The zero-order chi connectivity index (χ0) is 25.9. The number of hydrogen-bond acceptors (Lipinski definition) is 5. The van der Waals surface area contributed by atoms with Gasteiger partial charge in [0.05, 0.1) is 31.0 Å². The summed E-state index contributed by atoms with van der Waals surface area (Å²) >= 11 is 13.3. The average Bonchev–Trinajstić information content (AvgIpc) is 2.80. The molecule has 0 aliphatic carbocycles. The van der Waals surface area contributed by atoms with Gasteiger partial charge in [0.1, 0.15) is 23.2 Å². The van der Waals surface area contributed by atoms with Crippen LogP contribution >= 0.6 is 63.7 Å². The van der Waals surface area contributed by atoms with Crippen molar-refractivity contribution in [2.45, 2.75) is 12.5 Å². The van der Waals surface area contributed by atoms with Crippen LogP contribution in [0.2, 0.25) is 0 Å². The first kappa shape index (κ1) is 27.8. The molecule has 0 radical (unpaired) electrons. The van der Waals surface area contributed by atoms with E-state index in [4.69, 9.17) is 10.5 Å². The molecule has 3 rings (SSSR count). The first-order chi connectivity index (χ1) is 16.5. The van der Waals surface area contributed by atoms with Gasteiger partial charge in [0.25, 0.3) is 0 Å². The Kier molecular flexibility index (Phi) is 9.50. The third-order valence-corrected chi connectivity index (χ3v) is 7.58. The number of carbonyl (C=O) groups is 2. The molecule has 184 valence electrons. The molecule has 6 nitrogen and oxygen atoms in total. The summed E-state index contributed by atoms with van der Waals surface area (Å²) in [5.41, 5.74) is 7.12. The van der Waals surface area contributed by atoms with E-state index in [0.29, 0.717) is 34.9 Å². The second-order valence-electron chi connectivity index (χ2n) is 7.53. The van der Waals surface area contributed by atoms with Gasteiger partial charge in [-0.3, -0.25) is 9.59 Å². The third kappa shape index (κ3) is 6.51. The van der Waals surface area contributed by atoms with Gasteiger partial charge in [0.2, 0.25) is 5.91 Å². The van der Waals surface area contributed by atoms with Crippen LogP contribution in [0.5, 0.6) is 11.5 Å². The fraction of sp³-hybridized carbons (Fsp3) is 0.167. The molecular weight excluding hydrogens is 719 g/mol. The van der Waals surface area contributed by atoms with Crippen LogP contribution < -0.4 is 15.8 Å². The van der Waals surface area contributed by atoms with Gasteiger partial charge < -0.3 is 20.9 Å². The van der Waals surface area contributed by atoms with E-state index in [-0.39, 0.29) is 17.7 Å². The Morgan fingerprint density at radius 3 is 2.14 bits per heavy atom. The van der Waals surface area contributed by atoms with Crippen LogP contribution in [0.25, 0.3) is 0 Å². The van der Waals surface area contributed by atoms with Crippen molar-refractivity contribution in [2.75, 3.05) is 12.4 Å². The number of amides is 1. The molecule has 0 bridgehead atoms. The number of carbonyl (C=O) groups excluding carboxylic acids is 2. The van der Waals surface area contributed by atoms with Crippen molar-refractivity contribution in [2.24, 2.45) is 11.7 Å². The molecule has 4 N–H and O–H groups in total. The van der Waals surface area contributed by atoms with Crippen molar-refractivity contribution in [3.63, 3.8) is 0 Å². The second-order valence-corrected chi connectivity index (χ2v) is 10.9. The molecule has 0 heterocycles. The number of phenols is 1. The highest BCUT2D eigenvalue weighted by atomic mass is 79.9. The van der Waals surface area contributed by atoms with E-state index in [1.807, 2.05) is 0 Å². The maximum Gasteiger partial charge on any atom is 0.235 e. The van der Waals surface area contributed by atoms with Gasteiger partial charge in [-0.15, -0.1) is 0 Å². The summed E-state index contributed by atoms with van der Waals surface area (Å²) in [6.07, 6.45) is -0.00552. The molecule has 0 saturated heterocycles. The SMILES string of the molecule is COc1c(Br)cc(C[C@@H](C(=O)Nc2cc(Br)c(O)c(Br)c2)C(=O)C(N)c2ccccc2F)cc1Br. The summed E-state index contributed by atoms with van der Waals surface area (Å²) in [5.74, 6) is -2.63. The molecule has 0 aliphatic heterocycles. The van der Waals surface area contributed by atoms with E-state index in [0.717, 1.165) is 0 Å². The Morgan fingerprint density at radius 2 is 1.60 bits per heavy atom. The van der Waals surface area contributed by atoms with Crippen LogP contribution in [-0.4, -0.2) is 23.9 Å². The maximum atomic E-state index is 14.4. The fourth-order valence-electron chi connectivity index (χ4n) is 3.45. The maximum absolute atomic E-state index is 14.4. The zero-order valence-electron chi connectivity index (χ0n) is 18.1. The Hall–Kier alpha value is -1.79. The van der Waals surface area contributed by atoms with Crippen molar-refractivity contribution < 1.29 is 23.8 Å². The lowest BCUT2D eigenvalue weighted by molar-refractivity contribution is -0.132. The standard InChI is InChI=1S/C24H19Br4FN2O4/c1-35-23-17(27)7-11(8-18(23)28)6-14(21(32)20(30)13-4-2-3-5-19(13)29)24(34)31-12-9-15(25)22(33)16(26)10-12/h2-5,7-10,14,20,33H,6,30H2,1H3,(H,31,34)/t14-,20?/m1/s1. The van der Waals surface area contributed by atoms with Crippen molar-refractivity contribution in [3.8, 4) is 11.5 Å². The number of hydrogen-bond donors (Lipinski definition) is 3. The van der Waals surface area contributed by atoms with Crippen LogP contribution in [0.15, 0.2) is 66.4 Å². The monoisotopic (exact) mass is 734 g/mol. The molecule has 0 saturated carbocycles. The summed E-state index contributed by atoms with van der Waals surface area (Å²) in [4.78, 5) is 26.8. The molecule has 0 spiro atoms. The van der Waals surface area contributed by atoms with Gasteiger partial charge in [-0.05, 0) is 106 Å². The highest BCUT2D eigenvalue weighted by Gasteiger charge is 2.33. The van der Waals surface area contributed by atoms with Crippen molar-refractivity contribution in [3.05, 3.63) is 83.4 Å². The van der Waals surface area contributed by atoms with Gasteiger partial charge in [-0.1, -0.05) is 18.2 Å². The fourth-order valence-corrected chi connectivity index (χ4v) is 6.24. The van der Waals surface area contributed by atoms with Crippen molar-refractivity contribution >= 4 is 81.1 Å². The summed E-state index contributed by atoms with van der Waals surface area (Å²) < 4.78 is 21.6. The second kappa shape index (κ2) is 12.0. The summed E-state index contributed by atoms with van der Waals surface area (Å²) in [7, 11) is 1.52. The normalized spacial score (nSPS) is 12.7. The minimum Gasteiger partial charge on any atom is -0.506 e. The number of benzene rings is 3. The first-order valence-electron chi connectivity index (χ1n) is 10.1. The molecule has 0 fully saturated rings. The number of nitrogens with two attached hydrogens (primary N) is 1. The van der Waals surface area contributed by atoms with Crippen LogP contribution in [0.3, 0.4) is 0 Å². The molecule has 2 atom stereocenters. The van der Waals surface area contributed by atoms with Crippen LogP contribution in [0, 0.1) is 11.7 Å². The van der Waals surface area contributed by atoms with Crippen LogP contribution in [0.1, 0.15) is 17.2 Å². The van der Waals surface area contributed by atoms with E-state index in [2.05, 4.69) is 69.0 Å². The van der Waals surface area contributed by atoms with Crippen molar-refractivity contribution in [1.29, 1.82) is 0 Å². The zero-order valence-corrected chi connectivity index (χ0v) is 24.5. The molecular formula is C24H19Br4FN2O4. The quantitative estimate of drug-likeness (QED) is 0.178. The number of methoxy groups -OCH3 is 1. The van der Waals surface area contributed by atoms with E-state index in [1.54, 1.807) is 18.2 Å². The smallest absolute Gasteiger partial charge is 0.235 e. The highest BCUT2D eigenvalue weighted by Crippen LogP contribution is 2.37. The molecule has 11 heteroatoms. The van der Waals surface area contributed by atoms with Gasteiger partial charge in [-0.2, -0.15) is 0 Å². The topological polar surface area (TPSA) is 102 Å². The Bertz CT molecular complexity index is 1240. The number of Topliss-reactive ketones (excluding diaryl/α,β-unsaturated/α-hetero) is 1. The number of anilines is 1. The van der Waals surface area contributed by atoms with Gasteiger partial charge in [-0.25, -0.2) is 4.39 Å². The third-order valence-electron chi connectivity index (χ3n) is 5.19. The lowest BCUT2D eigenvalue weighted by atomic mass is 9.88. The number of ketones is 1. The van der Waals surface area contributed by atoms with E-state index >= 15 is 0 Å². The molecule has 0 aromatic heterocycles. The van der Waals surface area contributed by atoms with Gasteiger partial charge in [0, 0.05) is 11.3 Å². The summed E-state index contributed by atoms with van der Waals surface area (Å²) in [6.45, 7) is 0. The highest BCUT2D eigenvalue weighted by molar-refractivity contribution is 9.11. The Balaban J connectivity index is 1.98. The van der Waals surface area contributed by atoms with Crippen LogP contribution in [0.4, 0.5) is 10.1 Å². The number of nitrogens with one attached hydrogen (secondary N) is 1. The van der Waals surface area contributed by atoms with Gasteiger partial charge >= 0.3 is 0 Å². The van der Waals surface area contributed by atoms with Gasteiger partial charge in [0.15, 0.2) is 5.78 Å². The molecule has 1 unspecified atom stereocenters. The molecule has 3 aromatic carbocycles. The minimum absolute atomic E-state index is 0.00233.